The van der Waals surface area contributed by atoms with Crippen molar-refractivity contribution in [2.75, 3.05) is 19.7 Å². The average molecular weight is 408 g/mol. The number of urea groups is 1. The molecule has 0 aliphatic carbocycles. The number of carbonyl (C=O) groups is 2. The number of likely N-dealkylation sites (tertiary alicyclic amines) is 1. The van der Waals surface area contributed by atoms with Gasteiger partial charge in [-0.15, -0.1) is 0 Å². The molecule has 2 heterocycles. The van der Waals surface area contributed by atoms with Gasteiger partial charge < -0.3 is 20.3 Å². The van der Waals surface area contributed by atoms with E-state index in [-0.39, 0.29) is 18.2 Å². The molecule has 0 unspecified atom stereocenters. The minimum absolute atomic E-state index is 0.0680. The van der Waals surface area contributed by atoms with Gasteiger partial charge >= 0.3 is 12.1 Å². The van der Waals surface area contributed by atoms with E-state index < -0.39 is 5.54 Å². The summed E-state index contributed by atoms with van der Waals surface area (Å²) in [7, 11) is 0. The molecule has 6 heteroatoms. The third kappa shape index (κ3) is 4.13. The highest BCUT2D eigenvalue weighted by atomic mass is 16.6. The molecule has 0 saturated carbocycles. The highest BCUT2D eigenvalue weighted by Gasteiger charge is 2.49. The Morgan fingerprint density at radius 1 is 1.17 bits per heavy atom. The van der Waals surface area contributed by atoms with Crippen LogP contribution in [0.3, 0.4) is 0 Å². The number of amides is 3. The molecule has 2 aromatic rings. The van der Waals surface area contributed by atoms with Crippen LogP contribution in [0.2, 0.25) is 0 Å². The average Bonchev–Trinajstić information content (AvgIpc) is 2.76. The lowest BCUT2D eigenvalue weighted by molar-refractivity contribution is 0.0176. The van der Waals surface area contributed by atoms with Gasteiger partial charge in [-0.3, -0.25) is 0 Å². The first-order valence-corrected chi connectivity index (χ1v) is 10.7. The molecule has 2 aliphatic heterocycles. The fourth-order valence-corrected chi connectivity index (χ4v) is 4.78. The lowest BCUT2D eigenvalue weighted by Crippen LogP contribution is -2.69. The maximum atomic E-state index is 12.9. The molecule has 4 rings (SSSR count). The number of piperidine rings is 1. The van der Waals surface area contributed by atoms with E-state index in [1.807, 2.05) is 30.0 Å². The van der Waals surface area contributed by atoms with Gasteiger partial charge in [0, 0.05) is 19.5 Å². The number of hydrogen-bond donors (Lipinski definition) is 2. The van der Waals surface area contributed by atoms with Gasteiger partial charge in [0.05, 0.1) is 18.2 Å². The van der Waals surface area contributed by atoms with Gasteiger partial charge in [-0.1, -0.05) is 54.6 Å². The van der Waals surface area contributed by atoms with Crippen LogP contribution in [-0.2, 0) is 11.2 Å². The number of carbonyl (C=O) groups excluding carboxylic acids is 2. The number of rotatable bonds is 4. The Morgan fingerprint density at radius 3 is 2.73 bits per heavy atom. The molecule has 1 spiro atoms. The minimum Gasteiger partial charge on any atom is -0.449 e. The second-order valence-corrected chi connectivity index (χ2v) is 8.09. The van der Waals surface area contributed by atoms with Crippen LogP contribution < -0.4 is 10.6 Å². The Labute approximate surface area is 177 Å². The van der Waals surface area contributed by atoms with E-state index in [0.29, 0.717) is 32.5 Å². The van der Waals surface area contributed by atoms with Crippen LogP contribution >= 0.6 is 0 Å². The van der Waals surface area contributed by atoms with Crippen molar-refractivity contribution >= 4 is 12.1 Å². The molecule has 30 heavy (non-hydrogen) atoms. The monoisotopic (exact) mass is 407 g/mol. The molecule has 0 bridgehead atoms. The first-order chi connectivity index (χ1) is 14.6. The van der Waals surface area contributed by atoms with Crippen molar-refractivity contribution in [1.29, 1.82) is 0 Å². The molecule has 158 valence electrons. The summed E-state index contributed by atoms with van der Waals surface area (Å²) >= 11 is 0. The fraction of sp³-hybridized carbons (Fsp3) is 0.417. The van der Waals surface area contributed by atoms with Gasteiger partial charge in [0.15, 0.2) is 0 Å². The molecule has 6 nitrogen and oxygen atoms in total. The van der Waals surface area contributed by atoms with Crippen molar-refractivity contribution in [3.63, 3.8) is 0 Å². The molecule has 0 radical (unpaired) electrons. The Kier molecular flexibility index (Phi) is 5.93. The summed E-state index contributed by atoms with van der Waals surface area (Å²) in [6.07, 6.45) is 2.71. The summed E-state index contributed by atoms with van der Waals surface area (Å²) in [6.45, 7) is 3.57. The third-order valence-corrected chi connectivity index (χ3v) is 6.22. The Morgan fingerprint density at radius 2 is 1.97 bits per heavy atom. The lowest BCUT2D eigenvalue weighted by atomic mass is 9.75. The van der Waals surface area contributed by atoms with E-state index in [1.54, 1.807) is 0 Å². The predicted octanol–water partition coefficient (Wildman–Crippen LogP) is 3.96. The molecule has 2 saturated heterocycles. The van der Waals surface area contributed by atoms with Crippen molar-refractivity contribution in [3.05, 3.63) is 60.2 Å². The minimum atomic E-state index is -0.457. The Hall–Kier alpha value is -3.02. The highest BCUT2D eigenvalue weighted by Crippen LogP contribution is 2.35. The maximum absolute atomic E-state index is 12.9. The van der Waals surface area contributed by atoms with Crippen LogP contribution in [0, 0.1) is 0 Å². The second-order valence-electron chi connectivity index (χ2n) is 8.09. The first kappa shape index (κ1) is 20.3. The van der Waals surface area contributed by atoms with Crippen LogP contribution in [-0.4, -0.2) is 48.3 Å². The van der Waals surface area contributed by atoms with Crippen molar-refractivity contribution in [2.24, 2.45) is 0 Å². The van der Waals surface area contributed by atoms with Gasteiger partial charge in [0.25, 0.3) is 0 Å². The number of nitrogens with one attached hydrogen (secondary N) is 2. The molecule has 2 aromatic carbocycles. The van der Waals surface area contributed by atoms with Crippen LogP contribution in [0.25, 0.3) is 11.1 Å². The van der Waals surface area contributed by atoms with E-state index in [2.05, 4.69) is 47.0 Å². The van der Waals surface area contributed by atoms with Gasteiger partial charge in [-0.05, 0) is 42.9 Å². The number of benzene rings is 2. The lowest BCUT2D eigenvalue weighted by Gasteiger charge is -2.51. The van der Waals surface area contributed by atoms with Gasteiger partial charge in [-0.2, -0.15) is 0 Å². The smallest absolute Gasteiger partial charge is 0.407 e. The number of cyclic esters (lactones) is 1. The predicted molar refractivity (Wildman–Crippen MR) is 116 cm³/mol. The van der Waals surface area contributed by atoms with Crippen LogP contribution in [0.1, 0.15) is 31.7 Å². The Balaban J connectivity index is 1.66. The van der Waals surface area contributed by atoms with E-state index in [4.69, 9.17) is 4.74 Å². The third-order valence-electron chi connectivity index (χ3n) is 6.22. The first-order valence-electron chi connectivity index (χ1n) is 10.7. The molecule has 2 N–H and O–H groups in total. The molecule has 2 fully saturated rings. The molecule has 2 aliphatic rings. The van der Waals surface area contributed by atoms with E-state index >= 15 is 0 Å². The summed E-state index contributed by atoms with van der Waals surface area (Å²) in [5.41, 5.74) is 3.01. The highest BCUT2D eigenvalue weighted by molar-refractivity contribution is 5.76. The summed E-state index contributed by atoms with van der Waals surface area (Å²) in [4.78, 5) is 26.9. The quantitative estimate of drug-likeness (QED) is 0.806. The maximum Gasteiger partial charge on any atom is 0.407 e. The zero-order valence-electron chi connectivity index (χ0n) is 17.4. The standard InChI is InChI=1S/C24H29N3O3/c1-2-25-22(28)27-14-7-12-24(13-15-30-23(29)26-24)21(27)17-18-8-6-11-20(16-18)19-9-4-3-5-10-19/h3-6,8-11,16,21H,2,7,12-15,17H2,1H3,(H,25,28)(H,26,29)/t21-,24+/m1/s1. The summed E-state index contributed by atoms with van der Waals surface area (Å²) in [6, 6.07) is 18.5. The van der Waals surface area contributed by atoms with Crippen LogP contribution in [0.5, 0.6) is 0 Å². The molecular formula is C24H29N3O3. The van der Waals surface area contributed by atoms with Crippen molar-refractivity contribution in [3.8, 4) is 11.1 Å². The van der Waals surface area contributed by atoms with E-state index in [1.165, 1.54) is 0 Å². The van der Waals surface area contributed by atoms with Crippen LogP contribution in [0.4, 0.5) is 9.59 Å². The van der Waals surface area contributed by atoms with Crippen molar-refractivity contribution < 1.29 is 14.3 Å². The summed E-state index contributed by atoms with van der Waals surface area (Å²) in [5, 5.41) is 6.04. The number of nitrogens with zero attached hydrogens (tertiary/aromatic N) is 1. The summed E-state index contributed by atoms with van der Waals surface area (Å²) in [5.74, 6) is 0. The van der Waals surface area contributed by atoms with Crippen molar-refractivity contribution in [2.45, 2.75) is 44.2 Å². The summed E-state index contributed by atoms with van der Waals surface area (Å²) < 4.78 is 5.15. The van der Waals surface area contributed by atoms with Gasteiger partial charge in [0.2, 0.25) is 0 Å². The molecular weight excluding hydrogens is 378 g/mol. The van der Waals surface area contributed by atoms with Gasteiger partial charge in [0.1, 0.15) is 0 Å². The number of hydrogen-bond acceptors (Lipinski definition) is 3. The second kappa shape index (κ2) is 8.78. The largest absolute Gasteiger partial charge is 0.449 e. The Bertz CT molecular complexity index is 898. The SMILES string of the molecule is CCNC(=O)N1CCC[C@]2(CCOC(=O)N2)[C@H]1Cc1cccc(-c2ccccc2)c1. The topological polar surface area (TPSA) is 70.7 Å². The fourth-order valence-electron chi connectivity index (χ4n) is 4.78. The van der Waals surface area contributed by atoms with Gasteiger partial charge in [-0.25, -0.2) is 9.59 Å². The van der Waals surface area contributed by atoms with Crippen molar-refractivity contribution in [1.82, 2.24) is 15.5 Å². The normalized spacial score (nSPS) is 23.6. The molecule has 0 aromatic heterocycles. The van der Waals surface area contributed by atoms with Crippen LogP contribution in [0.15, 0.2) is 54.6 Å². The molecule has 2 atom stereocenters. The van der Waals surface area contributed by atoms with E-state index in [0.717, 1.165) is 29.5 Å². The zero-order chi connectivity index (χ0) is 21.0. The van der Waals surface area contributed by atoms with E-state index in [9.17, 15) is 9.59 Å². The number of ether oxygens (including phenoxy) is 1. The molecule has 3 amide bonds. The number of alkyl carbamates (subject to hydrolysis) is 1. The zero-order valence-corrected chi connectivity index (χ0v) is 17.4.